The van der Waals surface area contributed by atoms with Crippen molar-refractivity contribution < 1.29 is 17.6 Å². The number of piperidine rings is 1. The van der Waals surface area contributed by atoms with Crippen LogP contribution in [0.1, 0.15) is 40.9 Å². The monoisotopic (exact) mass is 340 g/mol. The van der Waals surface area contributed by atoms with Crippen molar-refractivity contribution in [3.63, 3.8) is 0 Å². The topological polar surface area (TPSA) is 80.5 Å². The Labute approximate surface area is 132 Å². The number of nitrogens with zero attached hydrogens (tertiary/aromatic N) is 2. The van der Waals surface area contributed by atoms with Crippen LogP contribution in [-0.4, -0.2) is 37.0 Å². The average Bonchev–Trinajstić information content (AvgIpc) is 3.17. The molecule has 1 amide bonds. The SMILES string of the molecule is CS(=O)(=O)c1ccc(C(=O)N2CCCCC2c2nccs2)o1. The molecule has 1 aliphatic heterocycles. The van der Waals surface area contributed by atoms with Crippen molar-refractivity contribution in [1.82, 2.24) is 9.88 Å². The molecule has 0 saturated carbocycles. The van der Waals surface area contributed by atoms with Crippen molar-refractivity contribution in [2.75, 3.05) is 12.8 Å². The predicted octanol–water partition coefficient (Wildman–Crippen LogP) is 2.51. The van der Waals surface area contributed by atoms with Gasteiger partial charge >= 0.3 is 0 Å². The number of sulfone groups is 1. The number of aromatic nitrogens is 1. The molecule has 0 bridgehead atoms. The number of hydrogen-bond acceptors (Lipinski definition) is 6. The quantitative estimate of drug-likeness (QED) is 0.857. The fourth-order valence-electron chi connectivity index (χ4n) is 2.61. The van der Waals surface area contributed by atoms with Gasteiger partial charge in [-0.15, -0.1) is 11.3 Å². The van der Waals surface area contributed by atoms with Gasteiger partial charge in [0, 0.05) is 24.4 Å². The Balaban J connectivity index is 1.88. The van der Waals surface area contributed by atoms with Crippen LogP contribution in [0.3, 0.4) is 0 Å². The van der Waals surface area contributed by atoms with Crippen molar-refractivity contribution in [3.05, 3.63) is 34.5 Å². The largest absolute Gasteiger partial charge is 0.440 e. The number of carbonyl (C=O) groups is 1. The summed E-state index contributed by atoms with van der Waals surface area (Å²) in [4.78, 5) is 18.7. The van der Waals surface area contributed by atoms with E-state index in [-0.39, 0.29) is 22.8 Å². The Hall–Kier alpha value is -1.67. The molecular formula is C14H16N2O4S2. The smallest absolute Gasteiger partial charge is 0.290 e. The highest BCUT2D eigenvalue weighted by atomic mass is 32.2. The van der Waals surface area contributed by atoms with Crippen LogP contribution >= 0.6 is 11.3 Å². The van der Waals surface area contributed by atoms with E-state index in [4.69, 9.17) is 4.42 Å². The Morgan fingerprint density at radius 3 is 2.86 bits per heavy atom. The molecule has 1 fully saturated rings. The second kappa shape index (κ2) is 5.85. The molecule has 1 saturated heterocycles. The number of thiazole rings is 1. The number of amides is 1. The van der Waals surface area contributed by atoms with Gasteiger partial charge in [0.1, 0.15) is 5.01 Å². The van der Waals surface area contributed by atoms with Gasteiger partial charge in [-0.2, -0.15) is 0 Å². The molecule has 6 nitrogen and oxygen atoms in total. The maximum absolute atomic E-state index is 12.7. The van der Waals surface area contributed by atoms with Crippen LogP contribution in [-0.2, 0) is 9.84 Å². The van der Waals surface area contributed by atoms with E-state index in [1.165, 1.54) is 23.5 Å². The van der Waals surface area contributed by atoms with Gasteiger partial charge in [0.25, 0.3) is 5.91 Å². The number of rotatable bonds is 3. The zero-order valence-electron chi connectivity index (χ0n) is 12.1. The van der Waals surface area contributed by atoms with Gasteiger partial charge in [-0.1, -0.05) is 0 Å². The van der Waals surface area contributed by atoms with Gasteiger partial charge in [-0.25, -0.2) is 13.4 Å². The van der Waals surface area contributed by atoms with Crippen molar-refractivity contribution in [3.8, 4) is 0 Å². The Morgan fingerprint density at radius 1 is 1.41 bits per heavy atom. The third-order valence-electron chi connectivity index (χ3n) is 3.66. The number of likely N-dealkylation sites (tertiary alicyclic amines) is 1. The minimum Gasteiger partial charge on any atom is -0.440 e. The second-order valence-corrected chi connectivity index (χ2v) is 8.14. The van der Waals surface area contributed by atoms with E-state index in [0.717, 1.165) is 30.5 Å². The lowest BCUT2D eigenvalue weighted by Gasteiger charge is -2.33. The Kier molecular flexibility index (Phi) is 4.05. The third kappa shape index (κ3) is 2.93. The molecule has 118 valence electrons. The maximum Gasteiger partial charge on any atom is 0.290 e. The normalized spacial score (nSPS) is 19.3. The van der Waals surface area contributed by atoms with Crippen molar-refractivity contribution in [2.24, 2.45) is 0 Å². The van der Waals surface area contributed by atoms with Gasteiger partial charge in [0.05, 0.1) is 6.04 Å². The number of furan rings is 1. The first-order valence-electron chi connectivity index (χ1n) is 6.97. The zero-order valence-corrected chi connectivity index (χ0v) is 13.7. The molecule has 3 heterocycles. The van der Waals surface area contributed by atoms with Crippen molar-refractivity contribution >= 4 is 27.1 Å². The minimum absolute atomic E-state index is 0.0591. The van der Waals surface area contributed by atoms with Crippen molar-refractivity contribution in [2.45, 2.75) is 30.4 Å². The number of hydrogen-bond donors (Lipinski definition) is 0. The van der Waals surface area contributed by atoms with Crippen LogP contribution in [0.15, 0.2) is 33.2 Å². The Morgan fingerprint density at radius 2 is 2.23 bits per heavy atom. The first-order chi connectivity index (χ1) is 10.5. The highest BCUT2D eigenvalue weighted by molar-refractivity contribution is 7.90. The third-order valence-corrected chi connectivity index (χ3v) is 5.48. The molecule has 1 aliphatic rings. The van der Waals surface area contributed by atoms with Gasteiger partial charge in [-0.05, 0) is 31.4 Å². The van der Waals surface area contributed by atoms with Crippen LogP contribution in [0.4, 0.5) is 0 Å². The lowest BCUT2D eigenvalue weighted by Crippen LogP contribution is -2.38. The van der Waals surface area contributed by atoms with Crippen LogP contribution in [0.2, 0.25) is 0 Å². The summed E-state index contributed by atoms with van der Waals surface area (Å²) in [6.45, 7) is 0.623. The summed E-state index contributed by atoms with van der Waals surface area (Å²) in [7, 11) is -3.45. The molecule has 1 atom stereocenters. The fraction of sp³-hybridized carbons (Fsp3) is 0.429. The van der Waals surface area contributed by atoms with E-state index < -0.39 is 9.84 Å². The number of carbonyl (C=O) groups excluding carboxylic acids is 1. The van der Waals surface area contributed by atoms with Gasteiger partial charge in [-0.3, -0.25) is 4.79 Å². The predicted molar refractivity (Wildman–Crippen MR) is 81.6 cm³/mol. The molecular weight excluding hydrogens is 324 g/mol. The highest BCUT2D eigenvalue weighted by Crippen LogP contribution is 2.33. The molecule has 3 rings (SSSR count). The molecule has 8 heteroatoms. The molecule has 0 N–H and O–H groups in total. The molecule has 0 radical (unpaired) electrons. The van der Waals surface area contributed by atoms with E-state index in [2.05, 4.69) is 4.98 Å². The molecule has 2 aromatic rings. The van der Waals surface area contributed by atoms with E-state index >= 15 is 0 Å². The molecule has 0 spiro atoms. The van der Waals surface area contributed by atoms with Crippen molar-refractivity contribution in [1.29, 1.82) is 0 Å². The van der Waals surface area contributed by atoms with Gasteiger partial charge < -0.3 is 9.32 Å². The lowest BCUT2D eigenvalue weighted by molar-refractivity contribution is 0.0573. The summed E-state index contributed by atoms with van der Waals surface area (Å²) in [6, 6.07) is 2.69. The fourth-order valence-corrected chi connectivity index (χ4v) is 3.95. The first kappa shape index (κ1) is 15.2. The molecule has 2 aromatic heterocycles. The summed E-state index contributed by atoms with van der Waals surface area (Å²) < 4.78 is 28.2. The van der Waals surface area contributed by atoms with Crippen LogP contribution in [0, 0.1) is 0 Å². The minimum atomic E-state index is -3.45. The summed E-state index contributed by atoms with van der Waals surface area (Å²) >= 11 is 1.52. The molecule has 1 unspecified atom stereocenters. The summed E-state index contributed by atoms with van der Waals surface area (Å²) in [5.74, 6) is -0.223. The lowest BCUT2D eigenvalue weighted by atomic mass is 10.0. The summed E-state index contributed by atoms with van der Waals surface area (Å²) in [6.07, 6.45) is 5.61. The second-order valence-electron chi connectivity index (χ2n) is 5.27. The zero-order chi connectivity index (χ0) is 15.7. The van der Waals surface area contributed by atoms with E-state index in [1.807, 2.05) is 5.38 Å². The van der Waals surface area contributed by atoms with Gasteiger partial charge in [0.15, 0.2) is 5.76 Å². The standard InChI is InChI=1S/C14H16N2O4S2/c1-22(18,19)12-6-5-11(20-12)14(17)16-8-3-2-4-10(16)13-15-7-9-21-13/h5-7,9-10H,2-4,8H2,1H3. The van der Waals surface area contributed by atoms with Crippen LogP contribution in [0.5, 0.6) is 0 Å². The Bertz CT molecular complexity index is 765. The first-order valence-corrected chi connectivity index (χ1v) is 9.74. The highest BCUT2D eigenvalue weighted by Gasteiger charge is 2.32. The molecule has 22 heavy (non-hydrogen) atoms. The van der Waals surface area contributed by atoms with Crippen LogP contribution < -0.4 is 0 Å². The van der Waals surface area contributed by atoms with Crippen LogP contribution in [0.25, 0.3) is 0 Å². The summed E-state index contributed by atoms with van der Waals surface area (Å²) in [5, 5.41) is 2.61. The van der Waals surface area contributed by atoms with Gasteiger partial charge in [0.2, 0.25) is 14.9 Å². The van der Waals surface area contributed by atoms with E-state index in [9.17, 15) is 13.2 Å². The average molecular weight is 340 g/mol. The maximum atomic E-state index is 12.7. The van der Waals surface area contributed by atoms with E-state index in [1.54, 1.807) is 11.1 Å². The molecule has 0 aliphatic carbocycles. The molecule has 0 aromatic carbocycles. The summed E-state index contributed by atoms with van der Waals surface area (Å²) in [5.41, 5.74) is 0. The van der Waals surface area contributed by atoms with E-state index in [0.29, 0.717) is 6.54 Å².